The lowest BCUT2D eigenvalue weighted by atomic mass is 10.2. The maximum atomic E-state index is 5.85. The van der Waals surface area contributed by atoms with Crippen molar-refractivity contribution in [1.82, 2.24) is 5.32 Å². The molecule has 0 amide bonds. The van der Waals surface area contributed by atoms with E-state index < -0.39 is 0 Å². The van der Waals surface area contributed by atoms with Crippen LogP contribution < -0.4 is 11.1 Å². The van der Waals surface area contributed by atoms with Crippen molar-refractivity contribution >= 4 is 17.6 Å². The molecule has 0 saturated heterocycles. The van der Waals surface area contributed by atoms with Gasteiger partial charge in [0.2, 0.25) is 0 Å². The molecule has 1 aromatic rings. The number of guanidine groups is 1. The zero-order chi connectivity index (χ0) is 11.8. The van der Waals surface area contributed by atoms with Crippen LogP contribution in [-0.2, 0) is 11.3 Å². The van der Waals surface area contributed by atoms with Crippen molar-refractivity contribution in [3.63, 3.8) is 0 Å². The van der Waals surface area contributed by atoms with Gasteiger partial charge in [0.05, 0.1) is 13.2 Å². The Balaban J connectivity index is 2.40. The molecule has 0 heterocycles. The molecular weight excluding hydrogens is 226 g/mol. The maximum absolute atomic E-state index is 5.85. The van der Waals surface area contributed by atoms with E-state index in [1.165, 1.54) is 0 Å². The Bertz CT molecular complexity index is 355. The normalized spacial score (nSPS) is 11.5. The van der Waals surface area contributed by atoms with E-state index in [0.717, 1.165) is 5.56 Å². The Morgan fingerprint density at radius 1 is 1.56 bits per heavy atom. The lowest BCUT2D eigenvalue weighted by Gasteiger charge is -2.04. The Hall–Kier alpha value is -1.26. The Morgan fingerprint density at radius 2 is 2.38 bits per heavy atom. The van der Waals surface area contributed by atoms with Crippen LogP contribution in [0, 0.1) is 0 Å². The first-order valence-electron chi connectivity index (χ1n) is 4.99. The summed E-state index contributed by atoms with van der Waals surface area (Å²) < 4.78 is 4.88. The first-order chi connectivity index (χ1) is 7.72. The largest absolute Gasteiger partial charge is 0.383 e. The summed E-state index contributed by atoms with van der Waals surface area (Å²) in [6.07, 6.45) is 0. The van der Waals surface area contributed by atoms with Gasteiger partial charge in [-0.2, -0.15) is 0 Å². The quantitative estimate of drug-likeness (QED) is 0.465. The number of hydrogen-bond donors (Lipinski definition) is 2. The SMILES string of the molecule is COCCNC(N)=NCc1cccc(Cl)c1. The van der Waals surface area contributed by atoms with Crippen molar-refractivity contribution in [2.24, 2.45) is 10.7 Å². The fourth-order valence-electron chi connectivity index (χ4n) is 1.15. The number of benzene rings is 1. The van der Waals surface area contributed by atoms with Gasteiger partial charge in [-0.3, -0.25) is 0 Å². The van der Waals surface area contributed by atoms with Crippen LogP contribution in [0.1, 0.15) is 5.56 Å². The Morgan fingerprint density at radius 3 is 3.06 bits per heavy atom. The van der Waals surface area contributed by atoms with Crippen LogP contribution in [0.15, 0.2) is 29.3 Å². The summed E-state index contributed by atoms with van der Waals surface area (Å²) in [5.41, 5.74) is 6.68. The predicted molar refractivity (Wildman–Crippen MR) is 66.7 cm³/mol. The number of methoxy groups -OCH3 is 1. The molecule has 3 N–H and O–H groups in total. The van der Waals surface area contributed by atoms with Crippen LogP contribution >= 0.6 is 11.6 Å². The van der Waals surface area contributed by atoms with Crippen molar-refractivity contribution in [1.29, 1.82) is 0 Å². The summed E-state index contributed by atoms with van der Waals surface area (Å²) >= 11 is 5.85. The first kappa shape index (κ1) is 12.8. The number of ether oxygens (including phenoxy) is 1. The van der Waals surface area contributed by atoms with Gasteiger partial charge >= 0.3 is 0 Å². The van der Waals surface area contributed by atoms with Gasteiger partial charge in [-0.05, 0) is 17.7 Å². The van der Waals surface area contributed by atoms with Crippen molar-refractivity contribution < 1.29 is 4.74 Å². The third-order valence-corrected chi connectivity index (χ3v) is 2.17. The van der Waals surface area contributed by atoms with E-state index in [0.29, 0.717) is 30.7 Å². The third kappa shape index (κ3) is 5.00. The molecule has 0 unspecified atom stereocenters. The Labute approximate surface area is 100 Å². The maximum Gasteiger partial charge on any atom is 0.188 e. The van der Waals surface area contributed by atoms with Gasteiger partial charge in [-0.15, -0.1) is 0 Å². The summed E-state index contributed by atoms with van der Waals surface area (Å²) in [6, 6.07) is 7.54. The van der Waals surface area contributed by atoms with Crippen LogP contribution in [-0.4, -0.2) is 26.2 Å². The number of halogens is 1. The highest BCUT2D eigenvalue weighted by atomic mass is 35.5. The summed E-state index contributed by atoms with van der Waals surface area (Å²) in [6.45, 7) is 1.78. The van der Waals surface area contributed by atoms with Gasteiger partial charge in [0, 0.05) is 18.7 Å². The second-order valence-corrected chi connectivity index (χ2v) is 3.69. The molecule has 1 rings (SSSR count). The molecule has 0 atom stereocenters. The van der Waals surface area contributed by atoms with E-state index in [1.54, 1.807) is 7.11 Å². The van der Waals surface area contributed by atoms with E-state index in [1.807, 2.05) is 24.3 Å². The number of hydrogen-bond acceptors (Lipinski definition) is 2. The standard InChI is InChI=1S/C11H16ClN3O/c1-16-6-5-14-11(13)15-8-9-3-2-4-10(12)7-9/h2-4,7H,5-6,8H2,1H3,(H3,13,14,15). The van der Waals surface area contributed by atoms with Gasteiger partial charge < -0.3 is 15.8 Å². The highest BCUT2D eigenvalue weighted by molar-refractivity contribution is 6.30. The molecule has 1 aromatic carbocycles. The fourth-order valence-corrected chi connectivity index (χ4v) is 1.36. The van der Waals surface area contributed by atoms with E-state index in [9.17, 15) is 0 Å². The highest BCUT2D eigenvalue weighted by Gasteiger charge is 1.94. The zero-order valence-corrected chi connectivity index (χ0v) is 10.00. The molecule has 0 aromatic heterocycles. The number of nitrogens with zero attached hydrogens (tertiary/aromatic N) is 1. The van der Waals surface area contributed by atoms with Crippen molar-refractivity contribution in [2.75, 3.05) is 20.3 Å². The van der Waals surface area contributed by atoms with Crippen LogP contribution in [0.3, 0.4) is 0 Å². The minimum Gasteiger partial charge on any atom is -0.383 e. The van der Waals surface area contributed by atoms with Gasteiger partial charge in [0.25, 0.3) is 0 Å². The monoisotopic (exact) mass is 241 g/mol. The zero-order valence-electron chi connectivity index (χ0n) is 9.24. The average Bonchev–Trinajstić information content (AvgIpc) is 2.27. The molecular formula is C11H16ClN3O. The Kier molecular flexibility index (Phi) is 5.67. The van der Waals surface area contributed by atoms with Crippen molar-refractivity contribution in [2.45, 2.75) is 6.54 Å². The number of nitrogens with one attached hydrogen (secondary N) is 1. The van der Waals surface area contributed by atoms with Gasteiger partial charge in [0.1, 0.15) is 0 Å². The minimum absolute atomic E-state index is 0.414. The molecule has 0 bridgehead atoms. The molecule has 0 saturated carbocycles. The molecule has 88 valence electrons. The molecule has 4 nitrogen and oxygen atoms in total. The summed E-state index contributed by atoms with van der Waals surface area (Å²) in [5.74, 6) is 0.414. The lowest BCUT2D eigenvalue weighted by Crippen LogP contribution is -2.34. The highest BCUT2D eigenvalue weighted by Crippen LogP contribution is 2.11. The molecule has 0 aliphatic rings. The van der Waals surface area contributed by atoms with Gasteiger partial charge in [-0.1, -0.05) is 23.7 Å². The summed E-state index contributed by atoms with van der Waals surface area (Å²) in [7, 11) is 1.64. The van der Waals surface area contributed by atoms with E-state index in [-0.39, 0.29) is 0 Å². The second-order valence-electron chi connectivity index (χ2n) is 3.25. The molecule has 0 spiro atoms. The topological polar surface area (TPSA) is 59.6 Å². The number of nitrogens with two attached hydrogens (primary N) is 1. The van der Waals surface area contributed by atoms with Crippen LogP contribution in [0.4, 0.5) is 0 Å². The van der Waals surface area contributed by atoms with E-state index in [4.69, 9.17) is 22.1 Å². The van der Waals surface area contributed by atoms with Crippen molar-refractivity contribution in [3.05, 3.63) is 34.9 Å². The average molecular weight is 242 g/mol. The molecule has 0 aliphatic heterocycles. The van der Waals surface area contributed by atoms with Crippen molar-refractivity contribution in [3.8, 4) is 0 Å². The molecule has 16 heavy (non-hydrogen) atoms. The molecule has 0 fully saturated rings. The van der Waals surface area contributed by atoms with Gasteiger partial charge in [0.15, 0.2) is 5.96 Å². The lowest BCUT2D eigenvalue weighted by molar-refractivity contribution is 0.204. The molecule has 0 aliphatic carbocycles. The molecule has 5 heteroatoms. The summed E-state index contributed by atoms with van der Waals surface area (Å²) in [5, 5.41) is 3.65. The predicted octanol–water partition coefficient (Wildman–Crippen LogP) is 1.39. The number of aliphatic imine (C=N–C) groups is 1. The number of rotatable bonds is 5. The first-order valence-corrected chi connectivity index (χ1v) is 5.37. The minimum atomic E-state index is 0.414. The third-order valence-electron chi connectivity index (χ3n) is 1.93. The molecule has 0 radical (unpaired) electrons. The smallest absolute Gasteiger partial charge is 0.188 e. The second kappa shape index (κ2) is 7.09. The van der Waals surface area contributed by atoms with Crippen LogP contribution in [0.25, 0.3) is 0 Å². The van der Waals surface area contributed by atoms with Crippen LogP contribution in [0.2, 0.25) is 5.02 Å². The van der Waals surface area contributed by atoms with E-state index >= 15 is 0 Å². The summed E-state index contributed by atoms with van der Waals surface area (Å²) in [4.78, 5) is 4.18. The van der Waals surface area contributed by atoms with E-state index in [2.05, 4.69) is 10.3 Å². The van der Waals surface area contributed by atoms with Crippen LogP contribution in [0.5, 0.6) is 0 Å². The fraction of sp³-hybridized carbons (Fsp3) is 0.364. The van der Waals surface area contributed by atoms with Gasteiger partial charge in [-0.25, -0.2) is 4.99 Å².